The van der Waals surface area contributed by atoms with Crippen molar-refractivity contribution in [3.63, 3.8) is 0 Å². The quantitative estimate of drug-likeness (QED) is 0.799. The number of benzene rings is 1. The molecule has 0 aliphatic carbocycles. The smallest absolute Gasteiger partial charge is 0.241 e. The molecule has 0 spiro atoms. The van der Waals surface area contributed by atoms with E-state index in [1.54, 1.807) is 6.20 Å². The van der Waals surface area contributed by atoms with Gasteiger partial charge in [-0.1, -0.05) is 18.2 Å². The summed E-state index contributed by atoms with van der Waals surface area (Å²) in [5.41, 5.74) is 3.37. The van der Waals surface area contributed by atoms with E-state index in [-0.39, 0.29) is 11.9 Å². The van der Waals surface area contributed by atoms with Crippen LogP contribution in [0.2, 0.25) is 0 Å². The maximum Gasteiger partial charge on any atom is 0.241 e. The molecule has 1 amide bonds. The number of carbonyl (C=O) groups excluding carboxylic acids is 1. The number of likely N-dealkylation sites (tertiary alicyclic amines) is 1. The molecule has 3 aromatic rings. The molecule has 1 N–H and O–H groups in total. The summed E-state index contributed by atoms with van der Waals surface area (Å²) >= 11 is 0. The molecule has 2 aromatic heterocycles. The fourth-order valence-corrected chi connectivity index (χ4v) is 3.43. The van der Waals surface area contributed by atoms with E-state index in [2.05, 4.69) is 20.3 Å². The summed E-state index contributed by atoms with van der Waals surface area (Å²) in [6, 6.07) is 11.8. The van der Waals surface area contributed by atoms with Gasteiger partial charge < -0.3 is 5.32 Å². The van der Waals surface area contributed by atoms with Gasteiger partial charge in [-0.2, -0.15) is 5.10 Å². The zero-order valence-corrected chi connectivity index (χ0v) is 14.4. The van der Waals surface area contributed by atoms with E-state index in [1.807, 2.05) is 55.1 Å². The number of nitrogens with one attached hydrogen (secondary N) is 1. The van der Waals surface area contributed by atoms with Crippen molar-refractivity contribution in [2.75, 3.05) is 18.9 Å². The highest BCUT2D eigenvalue weighted by Gasteiger charge is 2.27. The van der Waals surface area contributed by atoms with Gasteiger partial charge in [0.15, 0.2) is 5.65 Å². The predicted molar refractivity (Wildman–Crippen MR) is 97.9 cm³/mol. The third kappa shape index (κ3) is 2.89. The van der Waals surface area contributed by atoms with Gasteiger partial charge >= 0.3 is 0 Å². The predicted octanol–water partition coefficient (Wildman–Crippen LogP) is 2.76. The highest BCUT2D eigenvalue weighted by molar-refractivity contribution is 5.96. The molecule has 1 fully saturated rings. The van der Waals surface area contributed by atoms with Gasteiger partial charge in [-0.25, -0.2) is 9.67 Å². The molecule has 1 aliphatic rings. The molecule has 0 saturated carbocycles. The molecule has 1 aromatic carbocycles. The minimum Gasteiger partial charge on any atom is -0.323 e. The molecule has 1 atom stereocenters. The maximum atomic E-state index is 12.5. The summed E-state index contributed by atoms with van der Waals surface area (Å²) in [5.74, 6) is 0.0363. The Morgan fingerprint density at radius 3 is 2.80 bits per heavy atom. The number of nitrogens with zero attached hydrogens (tertiary/aromatic N) is 4. The van der Waals surface area contributed by atoms with Crippen LogP contribution in [0, 0.1) is 6.92 Å². The van der Waals surface area contributed by atoms with Gasteiger partial charge in [-0.15, -0.1) is 0 Å². The van der Waals surface area contributed by atoms with Gasteiger partial charge in [0.05, 0.1) is 29.3 Å². The summed E-state index contributed by atoms with van der Waals surface area (Å²) in [6.07, 6.45) is 3.67. The standard InChI is InChI=1S/C19H21N5O/c1-13-16-11-14(21-19(25)17-9-6-10-23(17)2)12-20-18(16)24(22-13)15-7-4-3-5-8-15/h3-5,7-8,11-12,17H,6,9-10H2,1-2H3,(H,21,25). The fraction of sp³-hybridized carbons (Fsp3) is 0.316. The van der Waals surface area contributed by atoms with E-state index >= 15 is 0 Å². The van der Waals surface area contributed by atoms with Gasteiger partial charge in [-0.05, 0) is 51.6 Å². The third-order valence-electron chi connectivity index (χ3n) is 4.80. The number of para-hydroxylation sites is 1. The molecule has 6 nitrogen and oxygen atoms in total. The number of amides is 1. The van der Waals surface area contributed by atoms with Gasteiger partial charge in [0.25, 0.3) is 0 Å². The molecule has 6 heteroatoms. The monoisotopic (exact) mass is 335 g/mol. The molecule has 1 unspecified atom stereocenters. The van der Waals surface area contributed by atoms with Crippen molar-refractivity contribution in [3.8, 4) is 5.69 Å². The summed E-state index contributed by atoms with van der Waals surface area (Å²) in [5, 5.41) is 8.55. The van der Waals surface area contributed by atoms with Gasteiger partial charge in [0, 0.05) is 5.39 Å². The first kappa shape index (κ1) is 15.8. The normalized spacial score (nSPS) is 17.9. The first-order valence-electron chi connectivity index (χ1n) is 8.55. The lowest BCUT2D eigenvalue weighted by atomic mass is 10.2. The van der Waals surface area contributed by atoms with Crippen molar-refractivity contribution in [1.29, 1.82) is 0 Å². The van der Waals surface area contributed by atoms with Crippen LogP contribution in [0.15, 0.2) is 42.6 Å². The van der Waals surface area contributed by atoms with Crippen molar-refractivity contribution < 1.29 is 4.79 Å². The molecule has 3 heterocycles. The van der Waals surface area contributed by atoms with Crippen LogP contribution in [-0.4, -0.2) is 45.2 Å². The average molecular weight is 335 g/mol. The van der Waals surface area contributed by atoms with Crippen molar-refractivity contribution >= 4 is 22.6 Å². The Labute approximate surface area is 146 Å². The van der Waals surface area contributed by atoms with Crippen molar-refractivity contribution in [2.24, 2.45) is 0 Å². The number of hydrogen-bond donors (Lipinski definition) is 1. The summed E-state index contributed by atoms with van der Waals surface area (Å²) < 4.78 is 1.83. The molecule has 25 heavy (non-hydrogen) atoms. The zero-order valence-electron chi connectivity index (χ0n) is 14.4. The van der Waals surface area contributed by atoms with Gasteiger partial charge in [0.2, 0.25) is 5.91 Å². The van der Waals surface area contributed by atoms with E-state index < -0.39 is 0 Å². The Balaban J connectivity index is 1.65. The highest BCUT2D eigenvalue weighted by Crippen LogP contribution is 2.24. The average Bonchev–Trinajstić information content (AvgIpc) is 3.19. The lowest BCUT2D eigenvalue weighted by Gasteiger charge is -2.18. The van der Waals surface area contributed by atoms with Gasteiger partial charge in [-0.3, -0.25) is 9.69 Å². The van der Waals surface area contributed by atoms with Crippen LogP contribution < -0.4 is 5.32 Å². The van der Waals surface area contributed by atoms with Crippen molar-refractivity contribution in [3.05, 3.63) is 48.3 Å². The van der Waals surface area contributed by atoms with E-state index in [1.165, 1.54) is 0 Å². The minimum atomic E-state index is -0.0520. The number of fused-ring (bicyclic) bond motifs is 1. The number of hydrogen-bond acceptors (Lipinski definition) is 4. The van der Waals surface area contributed by atoms with E-state index in [0.717, 1.165) is 41.8 Å². The molecule has 0 radical (unpaired) electrons. The minimum absolute atomic E-state index is 0.0363. The molecule has 0 bridgehead atoms. The number of anilines is 1. The molecular formula is C19H21N5O. The SMILES string of the molecule is Cc1nn(-c2ccccc2)c2ncc(NC(=O)C3CCCN3C)cc12. The second kappa shape index (κ2) is 6.29. The van der Waals surface area contributed by atoms with E-state index in [4.69, 9.17) is 0 Å². The maximum absolute atomic E-state index is 12.5. The van der Waals surface area contributed by atoms with Crippen LogP contribution in [0.5, 0.6) is 0 Å². The van der Waals surface area contributed by atoms with Crippen molar-refractivity contribution in [1.82, 2.24) is 19.7 Å². The summed E-state index contributed by atoms with van der Waals surface area (Å²) in [6.45, 7) is 2.93. The Bertz CT molecular complexity index is 918. The molecule has 4 rings (SSSR count). The number of likely N-dealkylation sites (N-methyl/N-ethyl adjacent to an activating group) is 1. The highest BCUT2D eigenvalue weighted by atomic mass is 16.2. The van der Waals surface area contributed by atoms with Crippen LogP contribution in [0.4, 0.5) is 5.69 Å². The largest absolute Gasteiger partial charge is 0.323 e. The molecule has 1 saturated heterocycles. The number of carbonyl (C=O) groups is 1. The number of aryl methyl sites for hydroxylation is 1. The first-order valence-corrected chi connectivity index (χ1v) is 8.55. The van der Waals surface area contributed by atoms with Crippen LogP contribution in [0.1, 0.15) is 18.5 Å². The Kier molecular flexibility index (Phi) is 3.97. The number of pyridine rings is 1. The second-order valence-electron chi connectivity index (χ2n) is 6.56. The molecular weight excluding hydrogens is 314 g/mol. The van der Waals surface area contributed by atoms with Crippen LogP contribution in [0.3, 0.4) is 0 Å². The van der Waals surface area contributed by atoms with Crippen LogP contribution in [-0.2, 0) is 4.79 Å². The second-order valence-corrected chi connectivity index (χ2v) is 6.56. The third-order valence-corrected chi connectivity index (χ3v) is 4.80. The van der Waals surface area contributed by atoms with Crippen LogP contribution in [0.25, 0.3) is 16.7 Å². The van der Waals surface area contributed by atoms with E-state index in [9.17, 15) is 4.79 Å². The van der Waals surface area contributed by atoms with Crippen molar-refractivity contribution in [2.45, 2.75) is 25.8 Å². The van der Waals surface area contributed by atoms with Crippen LogP contribution >= 0.6 is 0 Å². The zero-order chi connectivity index (χ0) is 17.4. The lowest BCUT2D eigenvalue weighted by molar-refractivity contribution is -0.119. The number of aromatic nitrogens is 3. The number of rotatable bonds is 3. The van der Waals surface area contributed by atoms with E-state index in [0.29, 0.717) is 5.69 Å². The molecule has 1 aliphatic heterocycles. The molecule has 128 valence electrons. The summed E-state index contributed by atoms with van der Waals surface area (Å²) in [7, 11) is 1.99. The fourth-order valence-electron chi connectivity index (χ4n) is 3.43. The van der Waals surface area contributed by atoms with Gasteiger partial charge in [0.1, 0.15) is 0 Å². The summed E-state index contributed by atoms with van der Waals surface area (Å²) in [4.78, 5) is 19.1. The Hall–Kier alpha value is -2.73. The first-order chi connectivity index (χ1) is 12.1. The Morgan fingerprint density at radius 1 is 1.28 bits per heavy atom. The Morgan fingerprint density at radius 2 is 2.08 bits per heavy atom. The topological polar surface area (TPSA) is 63.1 Å². The lowest BCUT2D eigenvalue weighted by Crippen LogP contribution is -2.37.